The lowest BCUT2D eigenvalue weighted by atomic mass is 10.0. The van der Waals surface area contributed by atoms with Crippen molar-refractivity contribution in [3.63, 3.8) is 0 Å². The van der Waals surface area contributed by atoms with Crippen LogP contribution in [0.3, 0.4) is 0 Å². The van der Waals surface area contributed by atoms with Gasteiger partial charge < -0.3 is 9.57 Å². The van der Waals surface area contributed by atoms with Crippen LogP contribution in [0, 0.1) is 6.92 Å². The Morgan fingerprint density at radius 3 is 2.50 bits per heavy atom. The molecule has 4 nitrogen and oxygen atoms in total. The molecule has 114 valence electrons. The smallest absolute Gasteiger partial charge is 0.274 e. The van der Waals surface area contributed by atoms with Crippen LogP contribution in [0.1, 0.15) is 16.7 Å². The Kier molecular flexibility index (Phi) is 5.55. The fraction of sp³-hybridized carbons (Fsp3) is 0.176. The van der Waals surface area contributed by atoms with E-state index in [0.717, 1.165) is 16.9 Å². The molecule has 0 heterocycles. The average Bonchev–Trinajstić information content (AvgIpc) is 2.52. The van der Waals surface area contributed by atoms with E-state index in [2.05, 4.69) is 5.16 Å². The lowest BCUT2D eigenvalue weighted by Gasteiger charge is -2.12. The molecule has 0 aliphatic carbocycles. The summed E-state index contributed by atoms with van der Waals surface area (Å²) in [6.07, 6.45) is 0. The third kappa shape index (κ3) is 3.86. The van der Waals surface area contributed by atoms with Crippen LogP contribution in [0.5, 0.6) is 5.75 Å². The number of aryl methyl sites for hydroxylation is 1. The fourth-order valence-electron chi connectivity index (χ4n) is 2.03. The van der Waals surface area contributed by atoms with Crippen molar-refractivity contribution in [2.24, 2.45) is 5.16 Å². The minimum Gasteiger partial charge on any atom is -0.489 e. The number of para-hydroxylation sites is 1. The van der Waals surface area contributed by atoms with Crippen LogP contribution in [0.4, 0.5) is 0 Å². The monoisotopic (exact) mass is 317 g/mol. The minimum absolute atomic E-state index is 0.0631. The van der Waals surface area contributed by atoms with Crippen LogP contribution >= 0.6 is 11.6 Å². The molecule has 0 aliphatic heterocycles. The van der Waals surface area contributed by atoms with Gasteiger partial charge in [-0.05, 0) is 35.7 Å². The van der Waals surface area contributed by atoms with Gasteiger partial charge in [-0.3, -0.25) is 4.79 Å². The zero-order valence-electron chi connectivity index (χ0n) is 12.4. The van der Waals surface area contributed by atoms with Crippen LogP contribution in [0.2, 0.25) is 0 Å². The Hall–Kier alpha value is -2.33. The first-order valence-corrected chi connectivity index (χ1v) is 7.09. The number of carbonyl (C=O) groups is 1. The van der Waals surface area contributed by atoms with Crippen LogP contribution in [-0.2, 0) is 16.2 Å². The third-order valence-corrected chi connectivity index (χ3v) is 3.30. The van der Waals surface area contributed by atoms with E-state index >= 15 is 0 Å². The van der Waals surface area contributed by atoms with Gasteiger partial charge in [0.1, 0.15) is 19.5 Å². The van der Waals surface area contributed by atoms with E-state index in [1.54, 1.807) is 12.1 Å². The van der Waals surface area contributed by atoms with Crippen molar-refractivity contribution in [2.75, 3.05) is 7.11 Å². The molecule has 2 rings (SSSR count). The Morgan fingerprint density at radius 2 is 1.82 bits per heavy atom. The predicted molar refractivity (Wildman–Crippen MR) is 86.4 cm³/mol. The zero-order valence-corrected chi connectivity index (χ0v) is 13.1. The van der Waals surface area contributed by atoms with E-state index < -0.39 is 5.24 Å². The number of hydrogen-bond donors (Lipinski definition) is 0. The van der Waals surface area contributed by atoms with Gasteiger partial charge in [0.2, 0.25) is 0 Å². The molecule has 0 saturated heterocycles. The van der Waals surface area contributed by atoms with Crippen LogP contribution in [0.25, 0.3) is 0 Å². The Labute approximate surface area is 134 Å². The summed E-state index contributed by atoms with van der Waals surface area (Å²) in [5.74, 6) is 0.791. The SMILES string of the molecule is CON=C(C(=O)Cl)c1ccccc1COc1ccccc1C. The first-order valence-electron chi connectivity index (χ1n) is 6.71. The molecule has 0 N–H and O–H groups in total. The quantitative estimate of drug-likeness (QED) is 0.464. The Bertz CT molecular complexity index is 698. The number of halogens is 1. The van der Waals surface area contributed by atoms with Crippen molar-refractivity contribution in [1.29, 1.82) is 0 Å². The number of hydrogen-bond acceptors (Lipinski definition) is 4. The first kappa shape index (κ1) is 16.0. The third-order valence-electron chi connectivity index (χ3n) is 3.12. The molecular formula is C17H16ClNO3. The van der Waals surface area contributed by atoms with E-state index in [0.29, 0.717) is 12.2 Å². The van der Waals surface area contributed by atoms with Gasteiger partial charge in [-0.25, -0.2) is 0 Å². The molecule has 0 aliphatic rings. The van der Waals surface area contributed by atoms with Gasteiger partial charge in [-0.1, -0.05) is 47.6 Å². The summed E-state index contributed by atoms with van der Waals surface area (Å²) < 4.78 is 5.82. The zero-order chi connectivity index (χ0) is 15.9. The molecule has 0 unspecified atom stereocenters. The number of nitrogens with zero attached hydrogens (tertiary/aromatic N) is 1. The van der Waals surface area contributed by atoms with Crippen molar-refractivity contribution in [2.45, 2.75) is 13.5 Å². The molecule has 22 heavy (non-hydrogen) atoms. The standard InChI is InChI=1S/C17H16ClNO3/c1-12-7-3-6-10-15(12)22-11-13-8-4-5-9-14(13)16(17(18)20)19-21-2/h3-10H,11H2,1-2H3. The molecule has 0 amide bonds. The second-order valence-electron chi connectivity index (χ2n) is 4.61. The van der Waals surface area contributed by atoms with Gasteiger partial charge in [0.15, 0.2) is 5.71 Å². The highest BCUT2D eigenvalue weighted by atomic mass is 35.5. The number of ether oxygens (including phenoxy) is 1. The van der Waals surface area contributed by atoms with Crippen LogP contribution in [0.15, 0.2) is 53.7 Å². The first-order chi connectivity index (χ1) is 10.6. The average molecular weight is 318 g/mol. The fourth-order valence-corrected chi connectivity index (χ4v) is 2.17. The maximum Gasteiger partial charge on any atom is 0.274 e. The Balaban J connectivity index is 2.27. The molecule has 5 heteroatoms. The van der Waals surface area contributed by atoms with E-state index in [4.69, 9.17) is 21.2 Å². The minimum atomic E-state index is -0.676. The summed E-state index contributed by atoms with van der Waals surface area (Å²) in [5.41, 5.74) is 2.50. The predicted octanol–water partition coefficient (Wildman–Crippen LogP) is 3.69. The van der Waals surface area contributed by atoms with Crippen molar-refractivity contribution >= 4 is 22.6 Å². The molecule has 0 radical (unpaired) electrons. The highest BCUT2D eigenvalue weighted by molar-refractivity contribution is 6.84. The summed E-state index contributed by atoms with van der Waals surface area (Å²) in [7, 11) is 1.37. The van der Waals surface area contributed by atoms with Crippen molar-refractivity contribution in [3.8, 4) is 5.75 Å². The summed E-state index contributed by atoms with van der Waals surface area (Å²) in [6.45, 7) is 2.27. The van der Waals surface area contributed by atoms with E-state index in [1.807, 2.05) is 43.3 Å². The normalized spacial score (nSPS) is 11.1. The van der Waals surface area contributed by atoms with Gasteiger partial charge in [-0.15, -0.1) is 0 Å². The second kappa shape index (κ2) is 7.61. The van der Waals surface area contributed by atoms with Gasteiger partial charge in [-0.2, -0.15) is 0 Å². The largest absolute Gasteiger partial charge is 0.489 e. The van der Waals surface area contributed by atoms with Crippen LogP contribution < -0.4 is 4.74 Å². The Morgan fingerprint density at radius 1 is 1.14 bits per heavy atom. The second-order valence-corrected chi connectivity index (χ2v) is 4.95. The van der Waals surface area contributed by atoms with Crippen molar-refractivity contribution in [1.82, 2.24) is 0 Å². The number of carbonyl (C=O) groups excluding carboxylic acids is 1. The molecular weight excluding hydrogens is 302 g/mol. The number of oxime groups is 1. The highest BCUT2D eigenvalue weighted by Crippen LogP contribution is 2.20. The molecule has 0 fully saturated rings. The van der Waals surface area contributed by atoms with Gasteiger partial charge in [0.25, 0.3) is 5.24 Å². The molecule has 0 atom stereocenters. The molecule has 0 bridgehead atoms. The summed E-state index contributed by atoms with van der Waals surface area (Å²) in [6, 6.07) is 15.0. The molecule has 2 aromatic rings. The van der Waals surface area contributed by atoms with Crippen LogP contribution in [-0.4, -0.2) is 18.1 Å². The molecule has 0 spiro atoms. The highest BCUT2D eigenvalue weighted by Gasteiger charge is 2.16. The summed E-state index contributed by atoms with van der Waals surface area (Å²) in [5, 5.41) is 3.03. The maximum atomic E-state index is 11.5. The lowest BCUT2D eigenvalue weighted by Crippen LogP contribution is -2.14. The lowest BCUT2D eigenvalue weighted by molar-refractivity contribution is -0.106. The van der Waals surface area contributed by atoms with E-state index in [9.17, 15) is 4.79 Å². The number of rotatable bonds is 6. The van der Waals surface area contributed by atoms with Gasteiger partial charge >= 0.3 is 0 Å². The van der Waals surface area contributed by atoms with Gasteiger partial charge in [0.05, 0.1) is 0 Å². The van der Waals surface area contributed by atoms with E-state index in [-0.39, 0.29) is 5.71 Å². The van der Waals surface area contributed by atoms with Crippen molar-refractivity contribution < 1.29 is 14.4 Å². The summed E-state index contributed by atoms with van der Waals surface area (Å²) in [4.78, 5) is 16.2. The topological polar surface area (TPSA) is 47.9 Å². The van der Waals surface area contributed by atoms with Crippen molar-refractivity contribution in [3.05, 3.63) is 65.2 Å². The maximum absolute atomic E-state index is 11.5. The molecule has 0 aromatic heterocycles. The van der Waals surface area contributed by atoms with Gasteiger partial charge in [0, 0.05) is 5.56 Å². The molecule has 0 saturated carbocycles. The number of benzene rings is 2. The summed E-state index contributed by atoms with van der Waals surface area (Å²) >= 11 is 5.58. The van der Waals surface area contributed by atoms with E-state index in [1.165, 1.54) is 7.11 Å². The molecule has 2 aromatic carbocycles.